The smallest absolute Gasteiger partial charge is 0.416 e. The van der Waals surface area contributed by atoms with Crippen LogP contribution in [0.5, 0.6) is 28.7 Å². The van der Waals surface area contributed by atoms with Crippen molar-refractivity contribution in [2.75, 3.05) is 23.2 Å². The van der Waals surface area contributed by atoms with Crippen LogP contribution in [0.25, 0.3) is 22.3 Å². The average molecular weight is 1870 g/mol. The minimum Gasteiger partial charge on any atom is -0.507 e. The number of rotatable bonds is 16. The van der Waals surface area contributed by atoms with E-state index in [1.807, 2.05) is 57.2 Å². The van der Waals surface area contributed by atoms with Crippen LogP contribution in [0.1, 0.15) is 232 Å². The number of aryl methyl sites for hydroxylation is 6. The molecular weight excluding hydrogens is 1780 g/mol. The number of thiazole rings is 1. The summed E-state index contributed by atoms with van der Waals surface area (Å²) in [6.45, 7) is 11.6. The van der Waals surface area contributed by atoms with E-state index >= 15 is 0 Å². The normalized spacial score (nSPS) is 13.4. The lowest BCUT2D eigenvalue weighted by atomic mass is 9.78. The molecule has 5 aliphatic carbocycles. The first-order chi connectivity index (χ1) is 63.6. The summed E-state index contributed by atoms with van der Waals surface area (Å²) in [6.07, 6.45) is 14.3. The molecule has 0 spiro atoms. The third-order valence-electron chi connectivity index (χ3n) is 22.2. The van der Waals surface area contributed by atoms with Gasteiger partial charge in [-0.25, -0.2) is 9.78 Å². The third kappa shape index (κ3) is 22.4. The molecule has 5 amide bonds. The van der Waals surface area contributed by atoms with Gasteiger partial charge in [0.1, 0.15) is 43.6 Å². The molecule has 17 rings (SSSR count). The molecule has 25 nitrogen and oxygen atoms in total. The quantitative estimate of drug-likeness (QED) is 0.0107. The predicted molar refractivity (Wildman–Crippen MR) is 508 cm³/mol. The molecule has 5 aliphatic rings. The Bertz CT molecular complexity index is 6590. The number of phenols is 5. The molecule has 4 aromatic heterocycles. The maximum Gasteiger partial charge on any atom is 0.416 e. The van der Waals surface area contributed by atoms with E-state index in [0.717, 1.165) is 124 Å². The van der Waals surface area contributed by atoms with E-state index in [-0.39, 0.29) is 79.1 Å². The second-order valence-electron chi connectivity index (χ2n) is 31.0. The molecule has 32 heteroatoms. The van der Waals surface area contributed by atoms with Crippen LogP contribution < -0.4 is 33.3 Å². The molecule has 0 radical (unpaired) electrons. The number of ketones is 5. The summed E-state index contributed by atoms with van der Waals surface area (Å²) in [5.74, 6) is -6.79. The number of esters is 1. The van der Waals surface area contributed by atoms with Crippen molar-refractivity contribution in [1.82, 2.24) is 4.98 Å². The number of amides is 5. The number of nitrogens with one attached hydrogen (secondary N) is 3. The summed E-state index contributed by atoms with van der Waals surface area (Å²) in [5.41, 5.74) is 26.1. The summed E-state index contributed by atoms with van der Waals surface area (Å²) in [4.78, 5) is 142. The van der Waals surface area contributed by atoms with Crippen molar-refractivity contribution in [3.05, 3.63) is 330 Å². The molecular formula is C101H91F3N8O17S4. The standard InChI is InChI=1S/C29H16O7.C20H24N2O2S.C15H16N2O2S.C13H7F3O2.C13H13N3O3S.C11H15NOS/c1-12-13-6-2-3-7-14(13)26(33)23-21(12)19(30)10-17(28(23)35)18-11-20(31)22-24(29(18)36)27(34)16-9-5-4-8-15(16)25(22)32;21-19(24)18-15-10-6-1-2-7-11-16(15)25-20(18)22-17(23)13-12-14-8-4-3-5-9-14;1-3-11-9(2)20-15(12(11)13(16)18)17-14(19)10-7-5-4-6-8-10;14-13(15,16)9-3-1-2-8(6-9)11-7-10(17)4-5-12(11)18;1-8-11(12(18)19-2)20-13(15-8)16-14-7-9-5-3-4-6-10(9)17;1-7-10(11(12)13)8-5-3-2-4-6-9(8)14-7/h2-11,30-31,35-36H,1H2;3-5,8-9H,1-2,6-7,10-13H2,(H2,21,24)(H,22,23);4-8H,3H2,1-2H3,(H2,16,18)(H,17,19);1-7H;3-7,17H,1-2H3,(H,15,16);2-6H2,1H3,(H2,12,13)/b;;;;14-7+;. The Morgan fingerprint density at radius 1 is 0.541 bits per heavy atom. The van der Waals surface area contributed by atoms with Gasteiger partial charge in [0.25, 0.3) is 17.7 Å². The Morgan fingerprint density at radius 2 is 1.06 bits per heavy atom. The van der Waals surface area contributed by atoms with Crippen LogP contribution in [0.15, 0.2) is 200 Å². The number of nitrogens with two attached hydrogens (primary N) is 3. The lowest BCUT2D eigenvalue weighted by molar-refractivity contribution is -0.137. The summed E-state index contributed by atoms with van der Waals surface area (Å²) in [7, 11) is 1.32. The van der Waals surface area contributed by atoms with Crippen LogP contribution in [-0.2, 0) is 63.8 Å². The first kappa shape index (κ1) is 97.2. The lowest BCUT2D eigenvalue weighted by Crippen LogP contribution is -2.21. The number of ether oxygens (including phenoxy) is 1. The molecule has 0 saturated heterocycles. The molecule has 133 heavy (non-hydrogen) atoms. The fourth-order valence-electron chi connectivity index (χ4n) is 15.8. The Kier molecular flexibility index (Phi) is 31.6. The zero-order chi connectivity index (χ0) is 95.8. The maximum atomic E-state index is 13.3. The number of aromatic hydroxyl groups is 5. The van der Waals surface area contributed by atoms with Crippen molar-refractivity contribution in [1.29, 1.82) is 0 Å². The molecule has 4 heterocycles. The number of carbonyl (C=O) groups excluding carboxylic acids is 11. The van der Waals surface area contributed by atoms with Gasteiger partial charge < -0.3 is 58.1 Å². The van der Waals surface area contributed by atoms with Crippen molar-refractivity contribution >= 4 is 142 Å². The molecule has 0 fully saturated rings. The molecule has 0 saturated carbocycles. The van der Waals surface area contributed by atoms with Gasteiger partial charge in [-0.1, -0.05) is 165 Å². The fraction of sp³-hybridized carbons (Fsp3) is 0.198. The van der Waals surface area contributed by atoms with E-state index in [0.29, 0.717) is 78.4 Å². The van der Waals surface area contributed by atoms with Gasteiger partial charge in [0.2, 0.25) is 16.9 Å². The molecule has 0 atom stereocenters. The van der Waals surface area contributed by atoms with Gasteiger partial charge in [-0.3, -0.25) is 53.4 Å². The number of aromatic nitrogens is 1. The minimum atomic E-state index is -4.48. The highest BCUT2D eigenvalue weighted by atomic mass is 32.1. The number of hydrogen-bond donors (Lipinski definition) is 11. The fourth-order valence-corrected chi connectivity index (χ4v) is 20.4. The van der Waals surface area contributed by atoms with Crippen molar-refractivity contribution in [3.8, 4) is 39.9 Å². The largest absolute Gasteiger partial charge is 0.507 e. The number of hydrogen-bond acceptors (Lipinski definition) is 24. The van der Waals surface area contributed by atoms with Gasteiger partial charge in [-0.2, -0.15) is 18.3 Å². The summed E-state index contributed by atoms with van der Waals surface area (Å²) < 4.78 is 42.2. The van der Waals surface area contributed by atoms with Crippen LogP contribution in [0.2, 0.25) is 0 Å². The second-order valence-corrected chi connectivity index (χ2v) is 35.6. The van der Waals surface area contributed by atoms with Gasteiger partial charge in [0, 0.05) is 76.0 Å². The van der Waals surface area contributed by atoms with E-state index in [9.17, 15) is 91.4 Å². The first-order valence-electron chi connectivity index (χ1n) is 42.1. The number of thiophene rings is 3. The number of benzene rings is 8. The van der Waals surface area contributed by atoms with Gasteiger partial charge in [-0.15, -0.1) is 34.0 Å². The third-order valence-corrected chi connectivity index (χ3v) is 26.8. The van der Waals surface area contributed by atoms with Crippen molar-refractivity contribution in [3.63, 3.8) is 0 Å². The number of halogens is 3. The van der Waals surface area contributed by atoms with E-state index in [1.165, 1.54) is 108 Å². The van der Waals surface area contributed by atoms with Crippen molar-refractivity contribution in [2.24, 2.45) is 22.3 Å². The van der Waals surface area contributed by atoms with Crippen LogP contribution >= 0.6 is 45.3 Å². The lowest BCUT2D eigenvalue weighted by Gasteiger charge is -2.25. The van der Waals surface area contributed by atoms with Crippen LogP contribution in [0.4, 0.5) is 28.3 Å². The van der Waals surface area contributed by atoms with Gasteiger partial charge >= 0.3 is 12.1 Å². The summed E-state index contributed by atoms with van der Waals surface area (Å²) in [6, 6.07) is 44.8. The maximum absolute atomic E-state index is 13.3. The predicted octanol–water partition coefficient (Wildman–Crippen LogP) is 19.2. The number of phenolic OH excluding ortho intramolecular Hbond substituents is 5. The van der Waals surface area contributed by atoms with E-state index < -0.39 is 87.0 Å². The van der Waals surface area contributed by atoms with E-state index in [4.69, 9.17) is 17.2 Å². The summed E-state index contributed by atoms with van der Waals surface area (Å²) in [5, 5.41) is 64.9. The molecule has 0 unspecified atom stereocenters. The molecule has 0 aliphatic heterocycles. The van der Waals surface area contributed by atoms with Gasteiger partial charge in [0.15, 0.2) is 28.9 Å². The topological polar surface area (TPSA) is 438 Å². The van der Waals surface area contributed by atoms with Crippen LogP contribution in [0, 0.1) is 20.8 Å². The number of allylic oxidation sites excluding steroid dienone is 4. The summed E-state index contributed by atoms with van der Waals surface area (Å²) >= 11 is 5.83. The van der Waals surface area contributed by atoms with Crippen molar-refractivity contribution < 1.29 is 96.2 Å². The monoisotopic (exact) mass is 1870 g/mol. The number of para-hydroxylation sites is 1. The number of anilines is 3. The Balaban J connectivity index is 0.000000148. The molecule has 0 bridgehead atoms. The molecule has 14 N–H and O–H groups in total. The number of methoxy groups -OCH3 is 1. The van der Waals surface area contributed by atoms with Crippen LogP contribution in [-0.4, -0.2) is 108 Å². The van der Waals surface area contributed by atoms with Gasteiger partial charge in [0.05, 0.1) is 58.0 Å². The number of alkyl halides is 3. The Labute approximate surface area is 778 Å². The highest BCUT2D eigenvalue weighted by Crippen LogP contribution is 2.52. The molecule has 8 aromatic carbocycles. The number of carbonyl (C=O) groups is 11. The van der Waals surface area contributed by atoms with E-state index in [2.05, 4.69) is 37.5 Å². The zero-order valence-corrected chi connectivity index (χ0v) is 75.9. The number of primary amides is 3. The molecule has 12 aromatic rings. The SMILES string of the molecule is C=C1c2ccccc2C(=O)c2c(O)c(-c3cc(O)c4c(c3O)C(=O)c3ccccc3C4=O)cc(O)c21.CCc1c(C)sc(NC(=O)c2ccccc2)c1C(N)=O.COC(=O)c1sc(N/N=C/c2ccccc2O)nc1C.Cc1sc2c(c1C(N)=O)CCCCC2.NC(=O)c1c(NC(=O)CCc2ccccc2)sc2c1CCCCCC2.O=C1C=CC(=O)C(c2cccc(C(F)(F)F)c2)=C1. The number of nitrogens with zero attached hydrogens (tertiary/aromatic N) is 2. The average Bonchev–Trinajstić information content (AvgIpc) is 1.35. The highest BCUT2D eigenvalue weighted by Gasteiger charge is 2.39. The molecule has 682 valence electrons. The minimum absolute atomic E-state index is 0.0198. The van der Waals surface area contributed by atoms with E-state index in [1.54, 1.807) is 103 Å². The van der Waals surface area contributed by atoms with Crippen LogP contribution in [0.3, 0.4) is 0 Å². The van der Waals surface area contributed by atoms with Gasteiger partial charge in [-0.05, 0) is 191 Å². The highest BCUT2D eigenvalue weighted by molar-refractivity contribution is 7.18. The Hall–Kier alpha value is -14.9. The zero-order valence-electron chi connectivity index (χ0n) is 72.6. The van der Waals surface area contributed by atoms with Crippen molar-refractivity contribution in [2.45, 2.75) is 124 Å². The Morgan fingerprint density at radius 3 is 1.65 bits per heavy atom. The number of hydrazone groups is 1. The number of fused-ring (bicyclic) bond motifs is 6. The first-order valence-corrected chi connectivity index (χ1v) is 45.3. The second kappa shape index (κ2) is 43.2.